The van der Waals surface area contributed by atoms with Gasteiger partial charge in [-0.1, -0.05) is 23.7 Å². The lowest BCUT2D eigenvalue weighted by atomic mass is 10.1. The van der Waals surface area contributed by atoms with E-state index in [1.165, 1.54) is 0 Å². The highest BCUT2D eigenvalue weighted by atomic mass is 35.5. The summed E-state index contributed by atoms with van der Waals surface area (Å²) in [4.78, 5) is 11.2. The van der Waals surface area contributed by atoms with E-state index in [2.05, 4.69) is 25.3 Å². The molecule has 0 fully saturated rings. The van der Waals surface area contributed by atoms with E-state index in [0.29, 0.717) is 17.4 Å². The molecule has 0 bridgehead atoms. The van der Waals surface area contributed by atoms with Gasteiger partial charge < -0.3 is 10.2 Å². The number of hydrogen-bond acceptors (Lipinski definition) is 5. The van der Waals surface area contributed by atoms with Crippen LogP contribution >= 0.6 is 11.6 Å². The molecule has 6 nitrogen and oxygen atoms in total. The van der Waals surface area contributed by atoms with Crippen molar-refractivity contribution in [3.8, 4) is 0 Å². The molecule has 3 heterocycles. The number of aryl methyl sites for hydroxylation is 1. The molecule has 0 saturated carbocycles. The topological polar surface area (TPSA) is 57.8 Å². The zero-order valence-electron chi connectivity index (χ0n) is 12.5. The van der Waals surface area contributed by atoms with E-state index >= 15 is 0 Å². The number of amidine groups is 2. The number of fused-ring (bicyclic) bond motifs is 1. The van der Waals surface area contributed by atoms with Gasteiger partial charge in [-0.05, 0) is 12.1 Å². The molecule has 1 atom stereocenters. The minimum atomic E-state index is 0.147. The summed E-state index contributed by atoms with van der Waals surface area (Å²) in [5.41, 5.74) is 1.95. The Morgan fingerprint density at radius 3 is 2.96 bits per heavy atom. The van der Waals surface area contributed by atoms with E-state index < -0.39 is 0 Å². The first-order valence-corrected chi connectivity index (χ1v) is 7.68. The minimum Gasteiger partial charge on any atom is -0.336 e. The van der Waals surface area contributed by atoms with Crippen molar-refractivity contribution in [1.29, 1.82) is 0 Å². The second-order valence-corrected chi connectivity index (χ2v) is 5.82. The molecule has 2 aromatic rings. The maximum atomic E-state index is 6.21. The molecule has 0 saturated heterocycles. The summed E-state index contributed by atoms with van der Waals surface area (Å²) in [7, 11) is 1.91. The fourth-order valence-corrected chi connectivity index (χ4v) is 2.94. The van der Waals surface area contributed by atoms with Crippen LogP contribution < -0.4 is 5.32 Å². The van der Waals surface area contributed by atoms with E-state index in [0.717, 1.165) is 17.1 Å². The Hall–Kier alpha value is -2.60. The highest BCUT2D eigenvalue weighted by molar-refractivity contribution is 6.46. The van der Waals surface area contributed by atoms with Gasteiger partial charge in [0.05, 0.1) is 29.5 Å². The van der Waals surface area contributed by atoms with E-state index in [1.54, 1.807) is 10.9 Å². The first-order chi connectivity index (χ1) is 11.2. The third kappa shape index (κ3) is 2.51. The average Bonchev–Trinajstić information content (AvgIpc) is 3.16. The van der Waals surface area contributed by atoms with Gasteiger partial charge in [-0.3, -0.25) is 9.67 Å². The normalized spacial score (nSPS) is 19.4. The number of para-hydroxylation sites is 1. The molecule has 23 heavy (non-hydrogen) atoms. The van der Waals surface area contributed by atoms with Gasteiger partial charge in [-0.25, -0.2) is 4.99 Å². The highest BCUT2D eigenvalue weighted by Crippen LogP contribution is 2.29. The predicted molar refractivity (Wildman–Crippen MR) is 91.7 cm³/mol. The Balaban J connectivity index is 1.59. The SMILES string of the molecule is Cn1cc(C2CN=C3C(Nc4ccccc4Cl)=NC=CN32)cn1. The number of aromatic nitrogens is 2. The summed E-state index contributed by atoms with van der Waals surface area (Å²) in [6.45, 7) is 0.675. The van der Waals surface area contributed by atoms with Gasteiger partial charge in [-0.15, -0.1) is 0 Å². The lowest BCUT2D eigenvalue weighted by Crippen LogP contribution is -2.37. The number of halogens is 1. The minimum absolute atomic E-state index is 0.147. The van der Waals surface area contributed by atoms with E-state index in [4.69, 9.17) is 11.6 Å². The Bertz CT molecular complexity index is 835. The smallest absolute Gasteiger partial charge is 0.173 e. The lowest BCUT2D eigenvalue weighted by Gasteiger charge is -2.26. The van der Waals surface area contributed by atoms with Gasteiger partial charge in [0, 0.05) is 31.2 Å². The quantitative estimate of drug-likeness (QED) is 0.923. The standard InChI is InChI=1S/C16H15ClN6/c1-22-10-11(8-20-22)14-9-19-16-15(18-6-7-23(14)16)21-13-5-3-2-4-12(13)17/h2-8,10,14H,9H2,1H3,(H,18,21). The largest absolute Gasteiger partial charge is 0.336 e. The third-order valence-electron chi connectivity index (χ3n) is 3.87. The van der Waals surface area contributed by atoms with Crippen LogP contribution in [-0.2, 0) is 7.05 Å². The molecule has 0 aliphatic carbocycles. The molecule has 1 N–H and O–H groups in total. The fourth-order valence-electron chi connectivity index (χ4n) is 2.76. The summed E-state index contributed by atoms with van der Waals surface area (Å²) in [6, 6.07) is 7.74. The van der Waals surface area contributed by atoms with E-state index in [9.17, 15) is 0 Å². The average molecular weight is 327 g/mol. The predicted octanol–water partition coefficient (Wildman–Crippen LogP) is 2.82. The van der Waals surface area contributed by atoms with Crippen molar-refractivity contribution in [2.24, 2.45) is 17.0 Å². The Morgan fingerprint density at radius 1 is 1.30 bits per heavy atom. The lowest BCUT2D eigenvalue weighted by molar-refractivity contribution is 0.458. The summed E-state index contributed by atoms with van der Waals surface area (Å²) in [5.74, 6) is 1.52. The van der Waals surface area contributed by atoms with Gasteiger partial charge in [0.15, 0.2) is 11.7 Å². The van der Waals surface area contributed by atoms with Gasteiger partial charge in [0.25, 0.3) is 0 Å². The van der Waals surface area contributed by atoms with Crippen LogP contribution in [-0.4, -0.2) is 32.9 Å². The molecule has 0 radical (unpaired) electrons. The highest BCUT2D eigenvalue weighted by Gasteiger charge is 2.32. The molecule has 0 amide bonds. The monoisotopic (exact) mass is 326 g/mol. The Labute approximate surface area is 138 Å². The number of aliphatic imine (C=N–C) groups is 2. The van der Waals surface area contributed by atoms with Crippen LogP contribution in [0, 0.1) is 0 Å². The summed E-state index contributed by atoms with van der Waals surface area (Å²) in [5, 5.41) is 8.17. The zero-order chi connectivity index (χ0) is 15.8. The van der Waals surface area contributed by atoms with Crippen LogP contribution in [0.4, 0.5) is 5.69 Å². The van der Waals surface area contributed by atoms with Crippen LogP contribution in [0.1, 0.15) is 11.6 Å². The number of rotatable bonds is 2. The maximum absolute atomic E-state index is 6.21. The number of nitrogens with one attached hydrogen (secondary N) is 1. The summed E-state index contributed by atoms with van der Waals surface area (Å²) >= 11 is 6.21. The Kier molecular flexibility index (Phi) is 3.38. The molecular weight excluding hydrogens is 312 g/mol. The van der Waals surface area contributed by atoms with Crippen molar-refractivity contribution in [1.82, 2.24) is 14.7 Å². The van der Waals surface area contributed by atoms with Gasteiger partial charge >= 0.3 is 0 Å². The first-order valence-electron chi connectivity index (χ1n) is 7.30. The fraction of sp³-hybridized carbons (Fsp3) is 0.188. The van der Waals surface area contributed by atoms with Crippen LogP contribution in [0.3, 0.4) is 0 Å². The van der Waals surface area contributed by atoms with Crippen LogP contribution in [0.2, 0.25) is 5.02 Å². The second-order valence-electron chi connectivity index (χ2n) is 5.42. The summed E-state index contributed by atoms with van der Waals surface area (Å²) < 4.78 is 1.80. The molecule has 116 valence electrons. The molecule has 4 rings (SSSR count). The van der Waals surface area contributed by atoms with Crippen molar-refractivity contribution in [3.63, 3.8) is 0 Å². The van der Waals surface area contributed by atoms with Crippen molar-refractivity contribution in [2.75, 3.05) is 11.9 Å². The molecule has 2 aliphatic rings. The zero-order valence-corrected chi connectivity index (χ0v) is 13.3. The van der Waals surface area contributed by atoms with E-state index in [-0.39, 0.29) is 6.04 Å². The van der Waals surface area contributed by atoms with Crippen LogP contribution in [0.25, 0.3) is 0 Å². The molecule has 1 unspecified atom stereocenters. The first kappa shape index (κ1) is 14.0. The third-order valence-corrected chi connectivity index (χ3v) is 4.20. The Morgan fingerprint density at radius 2 is 2.17 bits per heavy atom. The number of nitrogens with zero attached hydrogens (tertiary/aromatic N) is 5. The van der Waals surface area contributed by atoms with Crippen molar-refractivity contribution < 1.29 is 0 Å². The molecule has 2 aliphatic heterocycles. The van der Waals surface area contributed by atoms with Gasteiger partial charge in [-0.2, -0.15) is 5.10 Å². The maximum Gasteiger partial charge on any atom is 0.173 e. The molecule has 1 aromatic heterocycles. The molecule has 1 aromatic carbocycles. The molecule has 7 heteroatoms. The van der Waals surface area contributed by atoms with Gasteiger partial charge in [0.2, 0.25) is 0 Å². The molecular formula is C16H15ClN6. The summed E-state index contributed by atoms with van der Waals surface area (Å²) in [6.07, 6.45) is 7.61. The number of hydrogen-bond donors (Lipinski definition) is 1. The van der Waals surface area contributed by atoms with Crippen molar-refractivity contribution in [3.05, 3.63) is 59.6 Å². The van der Waals surface area contributed by atoms with Crippen molar-refractivity contribution >= 4 is 29.0 Å². The van der Waals surface area contributed by atoms with Crippen LogP contribution in [0.5, 0.6) is 0 Å². The van der Waals surface area contributed by atoms with Crippen molar-refractivity contribution in [2.45, 2.75) is 6.04 Å². The van der Waals surface area contributed by atoms with E-state index in [1.807, 2.05) is 49.9 Å². The van der Waals surface area contributed by atoms with Crippen LogP contribution in [0.15, 0.2) is 59.0 Å². The number of benzene rings is 1. The number of anilines is 1. The second kappa shape index (κ2) is 5.55. The molecule has 0 spiro atoms. The van der Waals surface area contributed by atoms with Gasteiger partial charge in [0.1, 0.15) is 0 Å².